The number of benzene rings is 1. The highest BCUT2D eigenvalue weighted by Gasteiger charge is 2.22. The van der Waals surface area contributed by atoms with Gasteiger partial charge in [-0.2, -0.15) is 0 Å². The van der Waals surface area contributed by atoms with E-state index in [1.807, 2.05) is 38.1 Å². The second kappa shape index (κ2) is 6.05. The van der Waals surface area contributed by atoms with Crippen molar-refractivity contribution in [2.45, 2.75) is 26.3 Å². The van der Waals surface area contributed by atoms with E-state index in [1.165, 1.54) is 11.3 Å². The Hall–Kier alpha value is -1.88. The van der Waals surface area contributed by atoms with Crippen molar-refractivity contribution in [3.63, 3.8) is 0 Å². The van der Waals surface area contributed by atoms with E-state index >= 15 is 0 Å². The fourth-order valence-corrected chi connectivity index (χ4v) is 2.98. The van der Waals surface area contributed by atoms with Crippen LogP contribution in [0.15, 0.2) is 30.3 Å². The predicted molar refractivity (Wildman–Crippen MR) is 80.2 cm³/mol. The Kier molecular flexibility index (Phi) is 4.39. The quantitative estimate of drug-likeness (QED) is 0.889. The molecule has 20 heavy (non-hydrogen) atoms. The van der Waals surface area contributed by atoms with Gasteiger partial charge in [-0.1, -0.05) is 32.0 Å². The molecule has 2 N–H and O–H groups in total. The normalized spacial score (nSPS) is 12.6. The largest absolute Gasteiger partial charge is 0.480 e. The number of carboxylic acid groups (broad SMARTS) is 1. The first kappa shape index (κ1) is 14.5. The molecule has 1 atom stereocenters. The Balaban J connectivity index is 2.15. The lowest BCUT2D eigenvalue weighted by Gasteiger charge is -2.15. The highest BCUT2D eigenvalue weighted by molar-refractivity contribution is 7.20. The highest BCUT2D eigenvalue weighted by atomic mass is 32.1. The van der Waals surface area contributed by atoms with E-state index in [1.54, 1.807) is 6.07 Å². The van der Waals surface area contributed by atoms with Gasteiger partial charge in [0.25, 0.3) is 5.91 Å². The van der Waals surface area contributed by atoms with E-state index in [0.717, 1.165) is 10.1 Å². The topological polar surface area (TPSA) is 66.4 Å². The van der Waals surface area contributed by atoms with Gasteiger partial charge in [0.15, 0.2) is 0 Å². The summed E-state index contributed by atoms with van der Waals surface area (Å²) in [6.07, 6.45) is 0.423. The van der Waals surface area contributed by atoms with E-state index in [-0.39, 0.29) is 11.8 Å². The summed E-state index contributed by atoms with van der Waals surface area (Å²) in [5.41, 5.74) is 0. The molecule has 0 fully saturated rings. The van der Waals surface area contributed by atoms with Crippen molar-refractivity contribution >= 4 is 33.3 Å². The van der Waals surface area contributed by atoms with Gasteiger partial charge in [-0.05, 0) is 29.9 Å². The summed E-state index contributed by atoms with van der Waals surface area (Å²) in [5, 5.41) is 12.7. The van der Waals surface area contributed by atoms with Crippen LogP contribution in [-0.4, -0.2) is 23.0 Å². The molecule has 1 aromatic heterocycles. The van der Waals surface area contributed by atoms with Crippen LogP contribution in [0.1, 0.15) is 29.9 Å². The third kappa shape index (κ3) is 3.36. The summed E-state index contributed by atoms with van der Waals surface area (Å²) >= 11 is 1.37. The zero-order valence-electron chi connectivity index (χ0n) is 11.4. The van der Waals surface area contributed by atoms with Gasteiger partial charge in [-0.3, -0.25) is 4.79 Å². The lowest BCUT2D eigenvalue weighted by molar-refractivity contribution is -0.139. The molecule has 1 unspecified atom stereocenters. The van der Waals surface area contributed by atoms with Gasteiger partial charge in [-0.15, -0.1) is 11.3 Å². The average Bonchev–Trinajstić information content (AvgIpc) is 2.81. The summed E-state index contributed by atoms with van der Waals surface area (Å²) in [6.45, 7) is 3.86. The Morgan fingerprint density at radius 2 is 2.00 bits per heavy atom. The number of amides is 1. The minimum atomic E-state index is -0.992. The number of hydrogen-bond acceptors (Lipinski definition) is 3. The molecule has 2 rings (SSSR count). The van der Waals surface area contributed by atoms with Crippen LogP contribution in [0.4, 0.5) is 0 Å². The third-order valence-corrected chi connectivity index (χ3v) is 4.07. The van der Waals surface area contributed by atoms with Crippen molar-refractivity contribution in [3.05, 3.63) is 35.2 Å². The zero-order valence-corrected chi connectivity index (χ0v) is 12.2. The number of rotatable bonds is 5. The third-order valence-electron chi connectivity index (χ3n) is 2.96. The van der Waals surface area contributed by atoms with Gasteiger partial charge in [0.05, 0.1) is 4.88 Å². The molecule has 0 saturated heterocycles. The van der Waals surface area contributed by atoms with Crippen molar-refractivity contribution in [2.75, 3.05) is 0 Å². The lowest BCUT2D eigenvalue weighted by Crippen LogP contribution is -2.41. The summed E-state index contributed by atoms with van der Waals surface area (Å²) in [7, 11) is 0. The molecule has 0 aliphatic carbocycles. The monoisotopic (exact) mass is 291 g/mol. The number of fused-ring (bicyclic) bond motifs is 1. The van der Waals surface area contributed by atoms with Crippen molar-refractivity contribution in [1.29, 1.82) is 0 Å². The second-order valence-electron chi connectivity index (χ2n) is 5.14. The number of aliphatic carboxylic acids is 1. The molecule has 0 spiro atoms. The maximum atomic E-state index is 12.1. The Labute approximate surface area is 121 Å². The van der Waals surface area contributed by atoms with E-state index in [0.29, 0.717) is 11.3 Å². The van der Waals surface area contributed by atoms with Gasteiger partial charge in [0.2, 0.25) is 0 Å². The molecular formula is C15H17NO3S. The maximum Gasteiger partial charge on any atom is 0.326 e. The van der Waals surface area contributed by atoms with Crippen LogP contribution in [0.5, 0.6) is 0 Å². The average molecular weight is 291 g/mol. The first-order valence-electron chi connectivity index (χ1n) is 6.49. The van der Waals surface area contributed by atoms with Crippen molar-refractivity contribution < 1.29 is 14.7 Å². The van der Waals surface area contributed by atoms with E-state index in [9.17, 15) is 9.59 Å². The molecule has 0 saturated carbocycles. The van der Waals surface area contributed by atoms with Crippen LogP contribution in [-0.2, 0) is 4.79 Å². The van der Waals surface area contributed by atoms with Gasteiger partial charge in [0, 0.05) is 4.70 Å². The summed E-state index contributed by atoms with van der Waals surface area (Å²) < 4.78 is 1.02. The van der Waals surface area contributed by atoms with Gasteiger partial charge in [-0.25, -0.2) is 4.79 Å². The van der Waals surface area contributed by atoms with Crippen molar-refractivity contribution in [1.82, 2.24) is 5.32 Å². The molecule has 0 aliphatic heterocycles. The van der Waals surface area contributed by atoms with Crippen molar-refractivity contribution in [2.24, 2.45) is 5.92 Å². The fourth-order valence-electron chi connectivity index (χ4n) is 2.02. The molecule has 1 heterocycles. The Morgan fingerprint density at radius 1 is 1.30 bits per heavy atom. The molecule has 1 aromatic carbocycles. The fraction of sp³-hybridized carbons (Fsp3) is 0.333. The number of thiophene rings is 1. The number of hydrogen-bond donors (Lipinski definition) is 2. The Bertz CT molecular complexity index is 600. The van der Waals surface area contributed by atoms with Gasteiger partial charge in [0.1, 0.15) is 6.04 Å². The number of nitrogens with one attached hydrogen (secondary N) is 1. The predicted octanol–water partition coefficient (Wildman–Crippen LogP) is 3.13. The molecule has 2 aromatic rings. The molecule has 4 nitrogen and oxygen atoms in total. The zero-order chi connectivity index (χ0) is 14.7. The molecule has 5 heteroatoms. The number of carbonyl (C=O) groups excluding carboxylic acids is 1. The Morgan fingerprint density at radius 3 is 2.60 bits per heavy atom. The van der Waals surface area contributed by atoms with Crippen LogP contribution in [0.25, 0.3) is 10.1 Å². The minimum Gasteiger partial charge on any atom is -0.480 e. The highest BCUT2D eigenvalue weighted by Crippen LogP contribution is 2.25. The molecule has 106 valence electrons. The standard InChI is InChI=1S/C15H17NO3S/c1-9(2)7-11(15(18)19)16-14(17)13-8-10-5-3-4-6-12(10)20-13/h3-6,8-9,11H,7H2,1-2H3,(H,16,17)(H,18,19). The van der Waals surface area contributed by atoms with E-state index in [2.05, 4.69) is 5.32 Å². The molecule has 0 radical (unpaired) electrons. The minimum absolute atomic E-state index is 0.207. The van der Waals surface area contributed by atoms with Crippen LogP contribution in [0.3, 0.4) is 0 Å². The second-order valence-corrected chi connectivity index (χ2v) is 6.23. The van der Waals surface area contributed by atoms with Crippen LogP contribution in [0, 0.1) is 5.92 Å². The van der Waals surface area contributed by atoms with Crippen LogP contribution < -0.4 is 5.32 Å². The number of carboxylic acids is 1. The van der Waals surface area contributed by atoms with Crippen LogP contribution in [0.2, 0.25) is 0 Å². The first-order valence-corrected chi connectivity index (χ1v) is 7.31. The van der Waals surface area contributed by atoms with Crippen LogP contribution >= 0.6 is 11.3 Å². The van der Waals surface area contributed by atoms with Gasteiger partial charge >= 0.3 is 5.97 Å². The summed E-state index contributed by atoms with van der Waals surface area (Å²) in [5.74, 6) is -1.11. The number of carbonyl (C=O) groups is 2. The summed E-state index contributed by atoms with van der Waals surface area (Å²) in [6, 6.07) is 8.66. The molecule has 1 amide bonds. The molecular weight excluding hydrogens is 274 g/mol. The molecule has 0 aliphatic rings. The SMILES string of the molecule is CC(C)CC(NC(=O)c1cc2ccccc2s1)C(=O)O. The summed E-state index contributed by atoms with van der Waals surface area (Å²) in [4.78, 5) is 23.9. The van der Waals surface area contributed by atoms with Crippen molar-refractivity contribution in [3.8, 4) is 0 Å². The lowest BCUT2D eigenvalue weighted by atomic mass is 10.0. The smallest absolute Gasteiger partial charge is 0.326 e. The van der Waals surface area contributed by atoms with E-state index in [4.69, 9.17) is 5.11 Å². The molecule has 0 bridgehead atoms. The maximum absolute atomic E-state index is 12.1. The first-order chi connectivity index (χ1) is 9.47. The van der Waals surface area contributed by atoms with Gasteiger partial charge < -0.3 is 10.4 Å². The van der Waals surface area contributed by atoms with E-state index < -0.39 is 12.0 Å².